The first-order chi connectivity index (χ1) is 8.08. The average Bonchev–Trinajstić information content (AvgIpc) is 2.32. The van der Waals surface area contributed by atoms with Crippen molar-refractivity contribution in [2.45, 2.75) is 17.7 Å². The van der Waals surface area contributed by atoms with Crippen molar-refractivity contribution in [3.8, 4) is 11.5 Å². The zero-order valence-electron chi connectivity index (χ0n) is 9.27. The molecule has 4 nitrogen and oxygen atoms in total. The topological polar surface area (TPSA) is 60.8 Å². The molecule has 1 aliphatic heterocycles. The summed E-state index contributed by atoms with van der Waals surface area (Å²) in [5.41, 5.74) is 0.405. The minimum absolute atomic E-state index is 0.107. The first kappa shape index (κ1) is 12.2. The maximum Gasteiger partial charge on any atom is 0.254 e. The van der Waals surface area contributed by atoms with Crippen molar-refractivity contribution in [3.63, 3.8) is 0 Å². The number of halogens is 1. The van der Waals surface area contributed by atoms with Crippen molar-refractivity contribution in [1.29, 1.82) is 0 Å². The molecule has 0 radical (unpaired) electrons. The largest absolute Gasteiger partial charge is 0.504 e. The summed E-state index contributed by atoms with van der Waals surface area (Å²) in [5, 5.41) is 18.6. The Labute approximate surface area is 108 Å². The van der Waals surface area contributed by atoms with E-state index < -0.39 is 0 Å². The molecule has 0 aromatic heterocycles. The second-order valence-corrected chi connectivity index (χ2v) is 5.49. The second-order valence-electron chi connectivity index (χ2n) is 4.19. The van der Waals surface area contributed by atoms with Gasteiger partial charge in [-0.2, -0.15) is 0 Å². The van der Waals surface area contributed by atoms with Gasteiger partial charge in [-0.25, -0.2) is 0 Å². The molecule has 1 atom stereocenters. The fourth-order valence-electron chi connectivity index (χ4n) is 1.95. The van der Waals surface area contributed by atoms with E-state index in [9.17, 15) is 15.0 Å². The third-order valence-corrected chi connectivity index (χ3v) is 3.62. The Hall–Kier alpha value is -1.23. The summed E-state index contributed by atoms with van der Waals surface area (Å²) in [7, 11) is 0. The molecule has 1 aromatic rings. The number of amides is 1. The summed E-state index contributed by atoms with van der Waals surface area (Å²) in [5.74, 6) is -0.578. The van der Waals surface area contributed by atoms with Crippen LogP contribution in [0.1, 0.15) is 23.2 Å². The van der Waals surface area contributed by atoms with E-state index in [2.05, 4.69) is 15.9 Å². The summed E-state index contributed by atoms with van der Waals surface area (Å²) in [6.07, 6.45) is 2.05. The number of aromatic hydroxyl groups is 2. The SMILES string of the molecule is O=C(c1ccc(O)c(O)c1)N1CCCC(Br)C1. The van der Waals surface area contributed by atoms with Gasteiger partial charge in [0.25, 0.3) is 5.91 Å². The van der Waals surface area contributed by atoms with Crippen LogP contribution in [0.15, 0.2) is 18.2 Å². The van der Waals surface area contributed by atoms with Gasteiger partial charge < -0.3 is 15.1 Å². The van der Waals surface area contributed by atoms with Crippen LogP contribution in [0.5, 0.6) is 11.5 Å². The Morgan fingerprint density at radius 2 is 2.12 bits per heavy atom. The zero-order chi connectivity index (χ0) is 12.4. The predicted octanol–water partition coefficient (Wildman–Crippen LogP) is 2.10. The minimum atomic E-state index is -0.261. The molecular formula is C12H14BrNO3. The molecule has 0 saturated carbocycles. The van der Waals surface area contributed by atoms with Crippen LogP contribution in [-0.2, 0) is 0 Å². The van der Waals surface area contributed by atoms with Crippen LogP contribution >= 0.6 is 15.9 Å². The fraction of sp³-hybridized carbons (Fsp3) is 0.417. The summed E-state index contributed by atoms with van der Waals surface area (Å²) in [4.78, 5) is 14.2. The molecule has 17 heavy (non-hydrogen) atoms. The lowest BCUT2D eigenvalue weighted by Crippen LogP contribution is -2.40. The van der Waals surface area contributed by atoms with Crippen LogP contribution in [0, 0.1) is 0 Å². The van der Waals surface area contributed by atoms with Gasteiger partial charge in [-0.3, -0.25) is 4.79 Å². The van der Waals surface area contributed by atoms with Crippen molar-refractivity contribution in [2.24, 2.45) is 0 Å². The number of nitrogens with zero attached hydrogens (tertiary/aromatic N) is 1. The van der Waals surface area contributed by atoms with E-state index in [0.717, 1.165) is 19.4 Å². The van der Waals surface area contributed by atoms with Crippen molar-refractivity contribution < 1.29 is 15.0 Å². The smallest absolute Gasteiger partial charge is 0.254 e. The molecule has 2 rings (SSSR count). The van der Waals surface area contributed by atoms with Crippen LogP contribution in [-0.4, -0.2) is 38.9 Å². The Kier molecular flexibility index (Phi) is 3.57. The molecule has 5 heteroatoms. The van der Waals surface area contributed by atoms with Gasteiger partial charge in [-0.05, 0) is 31.0 Å². The molecule has 0 spiro atoms. The van der Waals surface area contributed by atoms with Gasteiger partial charge >= 0.3 is 0 Å². The molecule has 1 heterocycles. The number of phenolic OH excluding ortho intramolecular Hbond substituents is 2. The predicted molar refractivity (Wildman–Crippen MR) is 67.6 cm³/mol. The van der Waals surface area contributed by atoms with Gasteiger partial charge in [-0.15, -0.1) is 0 Å². The van der Waals surface area contributed by atoms with Gasteiger partial charge in [0.15, 0.2) is 11.5 Å². The summed E-state index contributed by atoms with van der Waals surface area (Å²) in [6, 6.07) is 4.16. The van der Waals surface area contributed by atoms with E-state index >= 15 is 0 Å². The minimum Gasteiger partial charge on any atom is -0.504 e. The second kappa shape index (κ2) is 4.96. The van der Waals surface area contributed by atoms with Gasteiger partial charge in [0, 0.05) is 23.5 Å². The molecule has 0 bridgehead atoms. The van der Waals surface area contributed by atoms with E-state index in [1.807, 2.05) is 0 Å². The van der Waals surface area contributed by atoms with Gasteiger partial charge in [0.1, 0.15) is 0 Å². The number of alkyl halides is 1. The molecule has 0 aliphatic carbocycles. The first-order valence-electron chi connectivity index (χ1n) is 5.53. The van der Waals surface area contributed by atoms with Crippen molar-refractivity contribution in [2.75, 3.05) is 13.1 Å². The number of piperidine rings is 1. The van der Waals surface area contributed by atoms with E-state index in [4.69, 9.17) is 0 Å². The fourth-order valence-corrected chi connectivity index (χ4v) is 2.62. The molecule has 1 saturated heterocycles. The number of hydrogen-bond donors (Lipinski definition) is 2. The Balaban J connectivity index is 2.15. The standard InChI is InChI=1S/C12H14BrNO3/c13-9-2-1-5-14(7-9)12(17)8-3-4-10(15)11(16)6-8/h3-4,6,9,15-16H,1-2,5,7H2. The normalized spacial score (nSPS) is 20.3. The van der Waals surface area contributed by atoms with Crippen LogP contribution in [0.2, 0.25) is 0 Å². The number of hydrogen-bond acceptors (Lipinski definition) is 3. The van der Waals surface area contributed by atoms with Crippen LogP contribution < -0.4 is 0 Å². The monoisotopic (exact) mass is 299 g/mol. The maximum atomic E-state index is 12.1. The van der Waals surface area contributed by atoms with E-state index in [1.54, 1.807) is 4.90 Å². The highest BCUT2D eigenvalue weighted by atomic mass is 79.9. The number of likely N-dealkylation sites (tertiary alicyclic amines) is 1. The number of rotatable bonds is 1. The molecular weight excluding hydrogens is 286 g/mol. The van der Waals surface area contributed by atoms with Crippen molar-refractivity contribution in [3.05, 3.63) is 23.8 Å². The quantitative estimate of drug-likeness (QED) is 0.617. The van der Waals surface area contributed by atoms with Gasteiger partial charge in [0.05, 0.1) is 0 Å². The Morgan fingerprint density at radius 1 is 1.35 bits per heavy atom. The van der Waals surface area contributed by atoms with Crippen molar-refractivity contribution in [1.82, 2.24) is 4.90 Å². The zero-order valence-corrected chi connectivity index (χ0v) is 10.9. The van der Waals surface area contributed by atoms with Crippen molar-refractivity contribution >= 4 is 21.8 Å². The summed E-state index contributed by atoms with van der Waals surface area (Å²) >= 11 is 3.51. The van der Waals surface area contributed by atoms with Crippen LogP contribution in [0.25, 0.3) is 0 Å². The maximum absolute atomic E-state index is 12.1. The molecule has 2 N–H and O–H groups in total. The lowest BCUT2D eigenvalue weighted by Gasteiger charge is -2.30. The molecule has 1 unspecified atom stereocenters. The Bertz CT molecular complexity index is 436. The first-order valence-corrected chi connectivity index (χ1v) is 6.45. The third kappa shape index (κ3) is 2.72. The van der Waals surface area contributed by atoms with Crippen LogP contribution in [0.3, 0.4) is 0 Å². The summed E-state index contributed by atoms with van der Waals surface area (Å²) in [6.45, 7) is 1.42. The van der Waals surface area contributed by atoms with Gasteiger partial charge in [0.2, 0.25) is 0 Å². The van der Waals surface area contributed by atoms with E-state index in [-0.39, 0.29) is 17.4 Å². The number of carbonyl (C=O) groups excluding carboxylic acids is 1. The number of benzene rings is 1. The highest BCUT2D eigenvalue weighted by Crippen LogP contribution is 2.26. The molecule has 1 aromatic carbocycles. The molecule has 92 valence electrons. The highest BCUT2D eigenvalue weighted by molar-refractivity contribution is 9.09. The Morgan fingerprint density at radius 3 is 2.76 bits per heavy atom. The lowest BCUT2D eigenvalue weighted by atomic mass is 10.1. The van der Waals surface area contributed by atoms with E-state index in [1.165, 1.54) is 18.2 Å². The third-order valence-electron chi connectivity index (χ3n) is 2.87. The molecule has 1 fully saturated rings. The number of phenols is 2. The number of carbonyl (C=O) groups is 1. The average molecular weight is 300 g/mol. The highest BCUT2D eigenvalue weighted by Gasteiger charge is 2.23. The van der Waals surface area contributed by atoms with Gasteiger partial charge in [-0.1, -0.05) is 15.9 Å². The van der Waals surface area contributed by atoms with E-state index in [0.29, 0.717) is 16.9 Å². The summed E-state index contributed by atoms with van der Waals surface area (Å²) < 4.78 is 0. The molecule has 1 aliphatic rings. The lowest BCUT2D eigenvalue weighted by molar-refractivity contribution is 0.0729. The van der Waals surface area contributed by atoms with Crippen LogP contribution in [0.4, 0.5) is 0 Å². The molecule has 1 amide bonds.